The molecule has 1 aromatic heterocycles. The van der Waals surface area contributed by atoms with Gasteiger partial charge in [0.2, 0.25) is 0 Å². The molecule has 0 fully saturated rings. The third-order valence-corrected chi connectivity index (χ3v) is 3.06. The number of thioether (sulfide) groups is 1. The van der Waals surface area contributed by atoms with Crippen LogP contribution in [-0.2, 0) is 7.05 Å². The van der Waals surface area contributed by atoms with E-state index in [1.165, 1.54) is 8.60 Å². The minimum atomic E-state index is 1.22. The summed E-state index contributed by atoms with van der Waals surface area (Å²) in [5.74, 6) is 0. The lowest BCUT2D eigenvalue weighted by molar-refractivity contribution is 0.698. The number of aromatic nitrogens is 2. The van der Waals surface area contributed by atoms with Gasteiger partial charge in [0.25, 0.3) is 0 Å². The first-order valence-corrected chi connectivity index (χ1v) is 4.77. The van der Waals surface area contributed by atoms with Gasteiger partial charge in [-0.05, 0) is 28.8 Å². The number of halogens is 1. The average molecular weight is 254 g/mol. The predicted octanol–water partition coefficient (Wildman–Crippen LogP) is 1.75. The third kappa shape index (κ3) is 1.40. The average Bonchev–Trinajstić information content (AvgIpc) is 2.12. The molecule has 2 nitrogen and oxygen atoms in total. The third-order valence-electron chi connectivity index (χ3n) is 1.04. The number of nitrogens with zero attached hydrogens (tertiary/aromatic N) is 2. The van der Waals surface area contributed by atoms with Gasteiger partial charge in [0, 0.05) is 7.05 Å². The summed E-state index contributed by atoms with van der Waals surface area (Å²) in [6.45, 7) is 0. The molecule has 0 aromatic carbocycles. The van der Waals surface area contributed by atoms with E-state index in [9.17, 15) is 0 Å². The van der Waals surface area contributed by atoms with Gasteiger partial charge in [0.05, 0.1) is 9.77 Å². The molecule has 1 rings (SSSR count). The van der Waals surface area contributed by atoms with Gasteiger partial charge >= 0.3 is 0 Å². The van der Waals surface area contributed by atoms with E-state index in [-0.39, 0.29) is 0 Å². The lowest BCUT2D eigenvalue weighted by atomic mass is 10.7. The minimum absolute atomic E-state index is 1.22. The molecule has 0 unspecified atom stereocenters. The molecule has 0 saturated carbocycles. The maximum absolute atomic E-state index is 4.08. The fraction of sp³-hybridized carbons (Fsp3) is 0.400. The molecule has 0 saturated heterocycles. The van der Waals surface area contributed by atoms with Gasteiger partial charge < -0.3 is 0 Å². The second-order valence-electron chi connectivity index (χ2n) is 1.63. The SMILES string of the molecule is CSc1c(I)cnn1C. The molecule has 0 bridgehead atoms. The van der Waals surface area contributed by atoms with Crippen LogP contribution in [0.15, 0.2) is 11.2 Å². The van der Waals surface area contributed by atoms with Crippen LogP contribution in [0, 0.1) is 3.57 Å². The number of rotatable bonds is 1. The molecule has 0 amide bonds. The molecule has 0 spiro atoms. The predicted molar refractivity (Wildman–Crippen MR) is 47.7 cm³/mol. The Labute approximate surface area is 72.2 Å². The molecule has 0 radical (unpaired) electrons. The van der Waals surface area contributed by atoms with Gasteiger partial charge in [-0.1, -0.05) is 0 Å². The van der Waals surface area contributed by atoms with E-state index >= 15 is 0 Å². The molecule has 9 heavy (non-hydrogen) atoms. The Kier molecular flexibility index (Phi) is 2.40. The van der Waals surface area contributed by atoms with Crippen molar-refractivity contribution in [2.45, 2.75) is 5.03 Å². The van der Waals surface area contributed by atoms with Crippen molar-refractivity contribution in [3.63, 3.8) is 0 Å². The second-order valence-corrected chi connectivity index (χ2v) is 3.58. The van der Waals surface area contributed by atoms with E-state index in [2.05, 4.69) is 33.9 Å². The summed E-state index contributed by atoms with van der Waals surface area (Å²) in [5.41, 5.74) is 0. The molecule has 0 aliphatic rings. The zero-order valence-electron chi connectivity index (χ0n) is 5.26. The fourth-order valence-electron chi connectivity index (χ4n) is 0.629. The molecule has 0 aliphatic heterocycles. The monoisotopic (exact) mass is 254 g/mol. The molecular weight excluding hydrogens is 247 g/mol. The Morgan fingerprint density at radius 2 is 2.44 bits per heavy atom. The summed E-state index contributed by atoms with van der Waals surface area (Å²) >= 11 is 4.00. The van der Waals surface area contributed by atoms with E-state index in [4.69, 9.17) is 0 Å². The smallest absolute Gasteiger partial charge is 0.107 e. The minimum Gasteiger partial charge on any atom is -0.261 e. The number of aryl methyl sites for hydroxylation is 1. The first-order chi connectivity index (χ1) is 4.25. The molecule has 1 heterocycles. The quantitative estimate of drug-likeness (QED) is 0.561. The first-order valence-electron chi connectivity index (χ1n) is 2.47. The summed E-state index contributed by atoms with van der Waals surface area (Å²) in [4.78, 5) is 0. The van der Waals surface area contributed by atoms with Crippen molar-refractivity contribution in [3.8, 4) is 0 Å². The van der Waals surface area contributed by atoms with E-state index in [0.717, 1.165) is 0 Å². The zero-order valence-corrected chi connectivity index (χ0v) is 8.23. The largest absolute Gasteiger partial charge is 0.261 e. The summed E-state index contributed by atoms with van der Waals surface area (Å²) in [6, 6.07) is 0. The molecule has 4 heteroatoms. The molecule has 1 aromatic rings. The highest BCUT2D eigenvalue weighted by Gasteiger charge is 2.01. The topological polar surface area (TPSA) is 17.8 Å². The van der Waals surface area contributed by atoms with Gasteiger partial charge in [0.15, 0.2) is 0 Å². The van der Waals surface area contributed by atoms with Crippen molar-refractivity contribution in [1.29, 1.82) is 0 Å². The molecular formula is C5H7IN2S. The van der Waals surface area contributed by atoms with Gasteiger partial charge in [-0.25, -0.2) is 0 Å². The maximum Gasteiger partial charge on any atom is 0.107 e. The van der Waals surface area contributed by atoms with Crippen LogP contribution in [0.2, 0.25) is 0 Å². The van der Waals surface area contributed by atoms with Crippen LogP contribution < -0.4 is 0 Å². The zero-order chi connectivity index (χ0) is 6.85. The van der Waals surface area contributed by atoms with Crippen LogP contribution in [0.5, 0.6) is 0 Å². The Balaban J connectivity index is 3.07. The van der Waals surface area contributed by atoms with E-state index in [1.807, 2.05) is 17.9 Å². The summed E-state index contributed by atoms with van der Waals surface area (Å²) in [6.07, 6.45) is 3.92. The van der Waals surface area contributed by atoms with Crippen LogP contribution in [0.25, 0.3) is 0 Å². The van der Waals surface area contributed by atoms with Gasteiger partial charge in [-0.3, -0.25) is 4.68 Å². The molecule has 50 valence electrons. The van der Waals surface area contributed by atoms with Crippen molar-refractivity contribution in [3.05, 3.63) is 9.77 Å². The fourth-order valence-corrected chi connectivity index (χ4v) is 2.32. The van der Waals surface area contributed by atoms with Crippen molar-refractivity contribution in [2.75, 3.05) is 6.26 Å². The van der Waals surface area contributed by atoms with Crippen LogP contribution >= 0.6 is 34.4 Å². The molecule has 0 N–H and O–H groups in total. The lowest BCUT2D eigenvalue weighted by Gasteiger charge is -1.94. The second kappa shape index (κ2) is 2.92. The highest BCUT2D eigenvalue weighted by molar-refractivity contribution is 14.1. The van der Waals surface area contributed by atoms with Gasteiger partial charge in [-0.15, -0.1) is 11.8 Å². The van der Waals surface area contributed by atoms with Crippen LogP contribution in [-0.4, -0.2) is 16.0 Å². The van der Waals surface area contributed by atoms with Crippen molar-refractivity contribution < 1.29 is 0 Å². The number of hydrogen-bond donors (Lipinski definition) is 0. The highest BCUT2D eigenvalue weighted by atomic mass is 127. The van der Waals surface area contributed by atoms with E-state index in [1.54, 1.807) is 11.8 Å². The van der Waals surface area contributed by atoms with Crippen LogP contribution in [0.3, 0.4) is 0 Å². The highest BCUT2D eigenvalue weighted by Crippen LogP contribution is 2.19. The normalized spacial score (nSPS) is 10.1. The molecule has 0 atom stereocenters. The lowest BCUT2D eigenvalue weighted by Crippen LogP contribution is -1.90. The molecule has 0 aliphatic carbocycles. The number of hydrogen-bond acceptors (Lipinski definition) is 2. The first kappa shape index (κ1) is 7.40. The van der Waals surface area contributed by atoms with Crippen molar-refractivity contribution >= 4 is 34.4 Å². The summed E-state index contributed by atoms with van der Waals surface area (Å²) in [7, 11) is 1.95. The Hall–Kier alpha value is 0.290. The maximum atomic E-state index is 4.08. The summed E-state index contributed by atoms with van der Waals surface area (Å²) < 4.78 is 3.11. The van der Waals surface area contributed by atoms with E-state index < -0.39 is 0 Å². The van der Waals surface area contributed by atoms with Crippen LogP contribution in [0.1, 0.15) is 0 Å². The van der Waals surface area contributed by atoms with E-state index in [0.29, 0.717) is 0 Å². The Bertz CT molecular complexity index is 189. The standard InChI is InChI=1S/C5H7IN2S/c1-8-5(9-2)4(6)3-7-8/h3H,1-2H3. The van der Waals surface area contributed by atoms with Crippen LogP contribution in [0.4, 0.5) is 0 Å². The Morgan fingerprint density at radius 3 is 2.67 bits per heavy atom. The van der Waals surface area contributed by atoms with Gasteiger partial charge in [0.1, 0.15) is 5.03 Å². The Morgan fingerprint density at radius 1 is 1.78 bits per heavy atom. The van der Waals surface area contributed by atoms with Crippen molar-refractivity contribution in [2.24, 2.45) is 7.05 Å². The van der Waals surface area contributed by atoms with Crippen molar-refractivity contribution in [1.82, 2.24) is 9.78 Å². The summed E-state index contributed by atoms with van der Waals surface area (Å²) in [5, 5.41) is 5.31. The van der Waals surface area contributed by atoms with Gasteiger partial charge in [-0.2, -0.15) is 5.10 Å².